The summed E-state index contributed by atoms with van der Waals surface area (Å²) in [5.41, 5.74) is 0.868. The number of rotatable bonds is 3. The molecule has 0 aliphatic heterocycles. The molecule has 0 atom stereocenters. The first-order valence-electron chi connectivity index (χ1n) is 6.63. The molecule has 2 aromatic rings. The second-order valence-electron chi connectivity index (χ2n) is 3.08. The highest BCUT2D eigenvalue weighted by atomic mass is 16.4. The first-order valence-corrected chi connectivity index (χ1v) is 6.63. The van der Waals surface area contributed by atoms with Crippen LogP contribution in [0.25, 0.3) is 0 Å². The molecule has 0 bridgehead atoms. The number of aromatic nitrogens is 2. The monoisotopic (exact) mass is 275 g/mol. The summed E-state index contributed by atoms with van der Waals surface area (Å²) >= 11 is 0. The molecule has 5 heteroatoms. The van der Waals surface area contributed by atoms with Crippen molar-refractivity contribution in [2.75, 3.05) is 5.32 Å². The van der Waals surface area contributed by atoms with Gasteiger partial charge < -0.3 is 10.4 Å². The van der Waals surface area contributed by atoms with E-state index < -0.39 is 5.97 Å². The quantitative estimate of drug-likeness (QED) is 0.886. The number of nitrogens with zero attached hydrogens (tertiary/aromatic N) is 2. The number of carboxylic acids is 1. The summed E-state index contributed by atoms with van der Waals surface area (Å²) in [7, 11) is 0. The SMILES string of the molecule is CC.CC.O=C(O)c1cccc(Nc2ncccn2)c1. The third-order valence-corrected chi connectivity index (χ3v) is 1.93. The average molecular weight is 275 g/mol. The fourth-order valence-corrected chi connectivity index (χ4v) is 1.22. The Morgan fingerprint density at radius 2 is 1.65 bits per heavy atom. The van der Waals surface area contributed by atoms with Crippen molar-refractivity contribution in [3.63, 3.8) is 0 Å². The zero-order valence-corrected chi connectivity index (χ0v) is 12.3. The minimum Gasteiger partial charge on any atom is -0.478 e. The Morgan fingerprint density at radius 1 is 1.05 bits per heavy atom. The summed E-state index contributed by atoms with van der Waals surface area (Å²) in [6.45, 7) is 8.00. The molecule has 0 radical (unpaired) electrons. The summed E-state index contributed by atoms with van der Waals surface area (Å²) in [6.07, 6.45) is 3.22. The van der Waals surface area contributed by atoms with Gasteiger partial charge in [0.1, 0.15) is 0 Å². The van der Waals surface area contributed by atoms with Gasteiger partial charge in [-0.15, -0.1) is 0 Å². The van der Waals surface area contributed by atoms with E-state index in [1.54, 1.807) is 30.6 Å². The zero-order chi connectivity index (χ0) is 15.4. The highest BCUT2D eigenvalue weighted by molar-refractivity contribution is 5.88. The summed E-state index contributed by atoms with van der Waals surface area (Å²) in [5.74, 6) is -0.525. The summed E-state index contributed by atoms with van der Waals surface area (Å²) < 4.78 is 0. The molecule has 0 unspecified atom stereocenters. The van der Waals surface area contributed by atoms with Gasteiger partial charge in [-0.1, -0.05) is 33.8 Å². The van der Waals surface area contributed by atoms with Gasteiger partial charge in [0.05, 0.1) is 5.56 Å². The Morgan fingerprint density at radius 3 is 2.20 bits per heavy atom. The van der Waals surface area contributed by atoms with Gasteiger partial charge in [0.2, 0.25) is 5.95 Å². The molecule has 1 heterocycles. The van der Waals surface area contributed by atoms with Crippen LogP contribution in [0.3, 0.4) is 0 Å². The Hall–Kier alpha value is -2.43. The molecule has 2 N–H and O–H groups in total. The van der Waals surface area contributed by atoms with Crippen LogP contribution in [0.5, 0.6) is 0 Å². The number of carbonyl (C=O) groups is 1. The number of hydrogen-bond acceptors (Lipinski definition) is 4. The van der Waals surface area contributed by atoms with Crippen LogP contribution in [0, 0.1) is 0 Å². The Labute approximate surface area is 119 Å². The number of benzene rings is 1. The minimum absolute atomic E-state index is 0.223. The molecule has 20 heavy (non-hydrogen) atoms. The van der Waals surface area contributed by atoms with Gasteiger partial charge in [-0.2, -0.15) is 0 Å². The number of carboxylic acid groups (broad SMARTS) is 1. The molecule has 0 saturated heterocycles. The molecule has 1 aromatic heterocycles. The molecule has 5 nitrogen and oxygen atoms in total. The summed E-state index contributed by atoms with van der Waals surface area (Å²) in [4.78, 5) is 18.7. The highest BCUT2D eigenvalue weighted by Gasteiger charge is 2.03. The normalized spacial score (nSPS) is 8.40. The lowest BCUT2D eigenvalue weighted by molar-refractivity contribution is 0.0697. The predicted octanol–water partition coefficient (Wildman–Crippen LogP) is 3.97. The molecule has 1 aromatic carbocycles. The van der Waals surface area contributed by atoms with Gasteiger partial charge >= 0.3 is 5.97 Å². The maximum atomic E-state index is 10.7. The van der Waals surface area contributed by atoms with Crippen molar-refractivity contribution in [1.29, 1.82) is 0 Å². The van der Waals surface area contributed by atoms with Gasteiger partial charge in [-0.3, -0.25) is 0 Å². The zero-order valence-electron chi connectivity index (χ0n) is 12.3. The molecule has 2 rings (SSSR count). The van der Waals surface area contributed by atoms with E-state index in [1.165, 1.54) is 12.1 Å². The van der Waals surface area contributed by atoms with E-state index in [2.05, 4.69) is 15.3 Å². The molecular weight excluding hydrogens is 254 g/mol. The number of aromatic carboxylic acids is 1. The van der Waals surface area contributed by atoms with Crippen LogP contribution in [0.1, 0.15) is 38.1 Å². The fraction of sp³-hybridized carbons (Fsp3) is 0.267. The van der Waals surface area contributed by atoms with E-state index in [1.807, 2.05) is 27.7 Å². The average Bonchev–Trinajstić information content (AvgIpc) is 2.52. The van der Waals surface area contributed by atoms with E-state index in [0.29, 0.717) is 11.6 Å². The van der Waals surface area contributed by atoms with Gasteiger partial charge in [-0.05, 0) is 24.3 Å². The Balaban J connectivity index is 0.000000829. The maximum absolute atomic E-state index is 10.7. The second-order valence-corrected chi connectivity index (χ2v) is 3.08. The predicted molar refractivity (Wildman–Crippen MR) is 81.4 cm³/mol. The smallest absolute Gasteiger partial charge is 0.335 e. The molecule has 108 valence electrons. The fourth-order valence-electron chi connectivity index (χ4n) is 1.22. The lowest BCUT2D eigenvalue weighted by Crippen LogP contribution is -1.99. The topological polar surface area (TPSA) is 75.1 Å². The van der Waals surface area contributed by atoms with Crippen LogP contribution in [-0.4, -0.2) is 21.0 Å². The van der Waals surface area contributed by atoms with E-state index in [9.17, 15) is 4.79 Å². The van der Waals surface area contributed by atoms with Gasteiger partial charge in [0.25, 0.3) is 0 Å². The van der Waals surface area contributed by atoms with Crippen molar-refractivity contribution in [3.05, 3.63) is 48.3 Å². The van der Waals surface area contributed by atoms with Crippen molar-refractivity contribution < 1.29 is 9.90 Å². The molecular formula is C15H21N3O2. The van der Waals surface area contributed by atoms with Crippen molar-refractivity contribution in [1.82, 2.24) is 9.97 Å². The van der Waals surface area contributed by atoms with Crippen LogP contribution in [-0.2, 0) is 0 Å². The van der Waals surface area contributed by atoms with Crippen molar-refractivity contribution >= 4 is 17.6 Å². The molecule has 0 fully saturated rings. The van der Waals surface area contributed by atoms with Gasteiger partial charge in [-0.25, -0.2) is 14.8 Å². The largest absolute Gasteiger partial charge is 0.478 e. The van der Waals surface area contributed by atoms with Crippen LogP contribution in [0.2, 0.25) is 0 Å². The van der Waals surface area contributed by atoms with Crippen LogP contribution >= 0.6 is 0 Å². The number of hydrogen-bond donors (Lipinski definition) is 2. The van der Waals surface area contributed by atoms with Gasteiger partial charge in [0.15, 0.2) is 0 Å². The Bertz CT molecular complexity index is 501. The third-order valence-electron chi connectivity index (χ3n) is 1.93. The van der Waals surface area contributed by atoms with E-state index in [0.717, 1.165) is 0 Å². The number of anilines is 2. The molecule has 0 saturated carbocycles. The lowest BCUT2D eigenvalue weighted by Gasteiger charge is -2.04. The van der Waals surface area contributed by atoms with E-state index in [4.69, 9.17) is 5.11 Å². The van der Waals surface area contributed by atoms with Crippen LogP contribution < -0.4 is 5.32 Å². The summed E-state index contributed by atoms with van der Waals surface area (Å²) in [6, 6.07) is 8.18. The van der Waals surface area contributed by atoms with Crippen LogP contribution in [0.15, 0.2) is 42.7 Å². The number of nitrogens with one attached hydrogen (secondary N) is 1. The second kappa shape index (κ2) is 10.5. The highest BCUT2D eigenvalue weighted by Crippen LogP contribution is 2.14. The first-order chi connectivity index (χ1) is 9.75. The lowest BCUT2D eigenvalue weighted by atomic mass is 10.2. The standard InChI is InChI=1S/C11H9N3O2.2C2H6/c15-10(16)8-3-1-4-9(7-8)14-11-12-5-2-6-13-11;2*1-2/h1-7H,(H,15,16)(H,12,13,14);2*1-2H3. The van der Waals surface area contributed by atoms with Crippen molar-refractivity contribution in [2.45, 2.75) is 27.7 Å². The molecule has 0 amide bonds. The first kappa shape index (κ1) is 17.6. The van der Waals surface area contributed by atoms with Crippen molar-refractivity contribution in [3.8, 4) is 0 Å². The minimum atomic E-state index is -0.961. The molecule has 0 spiro atoms. The van der Waals surface area contributed by atoms with Crippen molar-refractivity contribution in [2.24, 2.45) is 0 Å². The molecule has 0 aliphatic rings. The third kappa shape index (κ3) is 5.95. The van der Waals surface area contributed by atoms with E-state index in [-0.39, 0.29) is 5.56 Å². The Kier molecular flexibility index (Phi) is 9.21. The van der Waals surface area contributed by atoms with Gasteiger partial charge in [0, 0.05) is 18.1 Å². The van der Waals surface area contributed by atoms with Crippen LogP contribution in [0.4, 0.5) is 11.6 Å². The summed E-state index contributed by atoms with van der Waals surface area (Å²) in [5, 5.41) is 11.7. The maximum Gasteiger partial charge on any atom is 0.335 e. The molecule has 0 aliphatic carbocycles. The van der Waals surface area contributed by atoms with E-state index >= 15 is 0 Å².